The van der Waals surface area contributed by atoms with E-state index in [2.05, 4.69) is 4.74 Å². The fourth-order valence-electron chi connectivity index (χ4n) is 1.21. The number of rotatable bonds is 4. The summed E-state index contributed by atoms with van der Waals surface area (Å²) in [5.41, 5.74) is -0.746. The molecule has 0 heterocycles. The zero-order valence-electron chi connectivity index (χ0n) is 9.23. The lowest BCUT2D eigenvalue weighted by atomic mass is 10.1. The van der Waals surface area contributed by atoms with Gasteiger partial charge in [-0.1, -0.05) is 0 Å². The van der Waals surface area contributed by atoms with E-state index in [4.69, 9.17) is 0 Å². The summed E-state index contributed by atoms with van der Waals surface area (Å²) in [6, 6.07) is 0.324. The molecule has 1 aromatic rings. The molecule has 0 radical (unpaired) electrons. The molecular formula is C11H8F4O3. The molecule has 0 unspecified atom stereocenters. The van der Waals surface area contributed by atoms with E-state index >= 15 is 0 Å². The summed E-state index contributed by atoms with van der Waals surface area (Å²) in [4.78, 5) is 22.1. The van der Waals surface area contributed by atoms with Crippen molar-refractivity contribution in [3.8, 4) is 0 Å². The molecule has 0 atom stereocenters. The van der Waals surface area contributed by atoms with Crippen molar-refractivity contribution in [2.75, 3.05) is 6.61 Å². The molecule has 0 saturated heterocycles. The highest BCUT2D eigenvalue weighted by molar-refractivity contribution is 6.34. The molecule has 0 spiro atoms. The topological polar surface area (TPSA) is 43.4 Å². The van der Waals surface area contributed by atoms with E-state index in [0.717, 1.165) is 0 Å². The second-order valence-electron chi connectivity index (χ2n) is 3.28. The molecule has 0 N–H and O–H groups in total. The highest BCUT2D eigenvalue weighted by Crippen LogP contribution is 2.19. The number of Topliss-reactive ketones (excluding diaryl/α,β-unsaturated/α-hetero) is 1. The van der Waals surface area contributed by atoms with Crippen LogP contribution in [0.4, 0.5) is 17.6 Å². The third kappa shape index (κ3) is 2.85. The minimum absolute atomic E-state index is 0.0702. The van der Waals surface area contributed by atoms with Crippen LogP contribution in [-0.2, 0) is 20.7 Å². The van der Waals surface area contributed by atoms with E-state index < -0.39 is 47.0 Å². The number of ketones is 1. The van der Waals surface area contributed by atoms with Gasteiger partial charge in [0.2, 0.25) is 5.78 Å². The summed E-state index contributed by atoms with van der Waals surface area (Å²) >= 11 is 0. The molecule has 0 saturated carbocycles. The van der Waals surface area contributed by atoms with Gasteiger partial charge in [0.15, 0.2) is 23.3 Å². The van der Waals surface area contributed by atoms with Crippen molar-refractivity contribution in [1.82, 2.24) is 0 Å². The number of carbonyl (C=O) groups is 2. The minimum Gasteiger partial charge on any atom is -0.460 e. The van der Waals surface area contributed by atoms with Crippen LogP contribution in [-0.4, -0.2) is 18.4 Å². The zero-order chi connectivity index (χ0) is 13.9. The maximum absolute atomic E-state index is 13.2. The highest BCUT2D eigenvalue weighted by Gasteiger charge is 2.23. The van der Waals surface area contributed by atoms with Gasteiger partial charge in [-0.2, -0.15) is 0 Å². The lowest BCUT2D eigenvalue weighted by molar-refractivity contribution is -0.153. The molecule has 0 aliphatic rings. The van der Waals surface area contributed by atoms with Gasteiger partial charge in [0.05, 0.1) is 6.61 Å². The molecule has 98 valence electrons. The van der Waals surface area contributed by atoms with Crippen LogP contribution in [0.1, 0.15) is 12.5 Å². The van der Waals surface area contributed by atoms with Crippen LogP contribution in [0.15, 0.2) is 6.07 Å². The number of esters is 1. The Morgan fingerprint density at radius 2 is 1.72 bits per heavy atom. The summed E-state index contributed by atoms with van der Waals surface area (Å²) in [6.07, 6.45) is -0.904. The van der Waals surface area contributed by atoms with Crippen molar-refractivity contribution in [3.05, 3.63) is 34.9 Å². The molecule has 0 aromatic heterocycles. The maximum atomic E-state index is 13.2. The smallest absolute Gasteiger partial charge is 0.374 e. The number of halogens is 4. The lowest BCUT2D eigenvalue weighted by Crippen LogP contribution is -2.20. The van der Waals surface area contributed by atoms with Crippen LogP contribution in [0, 0.1) is 23.3 Å². The van der Waals surface area contributed by atoms with Gasteiger partial charge in [0, 0.05) is 12.0 Å². The average Bonchev–Trinajstić information content (AvgIpc) is 2.33. The summed E-state index contributed by atoms with van der Waals surface area (Å²) in [7, 11) is 0. The third-order valence-electron chi connectivity index (χ3n) is 2.03. The fraction of sp³-hybridized carbons (Fsp3) is 0.273. The average molecular weight is 264 g/mol. The van der Waals surface area contributed by atoms with Crippen molar-refractivity contribution in [2.24, 2.45) is 0 Å². The normalized spacial score (nSPS) is 10.3. The first-order valence-electron chi connectivity index (χ1n) is 4.90. The molecule has 0 aliphatic heterocycles. The van der Waals surface area contributed by atoms with E-state index in [-0.39, 0.29) is 6.61 Å². The number of hydrogen-bond donors (Lipinski definition) is 0. The van der Waals surface area contributed by atoms with Crippen molar-refractivity contribution in [1.29, 1.82) is 0 Å². The van der Waals surface area contributed by atoms with Crippen LogP contribution >= 0.6 is 0 Å². The standard InChI is InChI=1S/C11H8F4O3/c1-2-18-11(17)7(16)4-5-3-6(12)9(14)10(15)8(5)13/h3H,2,4H2,1H3. The summed E-state index contributed by atoms with van der Waals surface area (Å²) in [6.45, 7) is 1.38. The van der Waals surface area contributed by atoms with Crippen LogP contribution in [0.2, 0.25) is 0 Å². The van der Waals surface area contributed by atoms with Crippen LogP contribution in [0.25, 0.3) is 0 Å². The first-order valence-corrected chi connectivity index (χ1v) is 4.90. The number of ether oxygens (including phenoxy) is 1. The molecule has 0 amide bonds. The van der Waals surface area contributed by atoms with Crippen molar-refractivity contribution in [3.63, 3.8) is 0 Å². The van der Waals surface area contributed by atoms with E-state index in [0.29, 0.717) is 6.07 Å². The van der Waals surface area contributed by atoms with Crippen molar-refractivity contribution in [2.45, 2.75) is 13.3 Å². The number of benzene rings is 1. The molecule has 1 rings (SSSR count). The minimum atomic E-state index is -2.03. The largest absolute Gasteiger partial charge is 0.460 e. The van der Waals surface area contributed by atoms with Gasteiger partial charge in [-0.3, -0.25) is 4.79 Å². The summed E-state index contributed by atoms with van der Waals surface area (Å²) in [5.74, 6) is -9.77. The Morgan fingerprint density at radius 3 is 2.28 bits per heavy atom. The molecule has 1 aromatic carbocycles. The lowest BCUT2D eigenvalue weighted by Gasteiger charge is -2.05. The molecule has 7 heteroatoms. The van der Waals surface area contributed by atoms with Crippen LogP contribution < -0.4 is 0 Å². The second kappa shape index (κ2) is 5.61. The Hall–Kier alpha value is -1.92. The quantitative estimate of drug-likeness (QED) is 0.274. The molecule has 18 heavy (non-hydrogen) atoms. The second-order valence-corrected chi connectivity index (χ2v) is 3.28. The zero-order valence-corrected chi connectivity index (χ0v) is 9.23. The Bertz CT molecular complexity index is 500. The third-order valence-corrected chi connectivity index (χ3v) is 2.03. The molecule has 0 bridgehead atoms. The Morgan fingerprint density at radius 1 is 1.11 bits per heavy atom. The van der Waals surface area contributed by atoms with Crippen LogP contribution in [0.3, 0.4) is 0 Å². The Balaban J connectivity index is 2.99. The first-order chi connectivity index (χ1) is 8.38. The van der Waals surface area contributed by atoms with Gasteiger partial charge in [-0.25, -0.2) is 22.4 Å². The van der Waals surface area contributed by atoms with Crippen molar-refractivity contribution < 1.29 is 31.9 Å². The first kappa shape index (κ1) is 14.1. The number of carbonyl (C=O) groups excluding carboxylic acids is 2. The van der Waals surface area contributed by atoms with Gasteiger partial charge in [0.1, 0.15) is 0 Å². The van der Waals surface area contributed by atoms with Gasteiger partial charge < -0.3 is 4.74 Å². The monoisotopic (exact) mass is 264 g/mol. The maximum Gasteiger partial charge on any atom is 0.374 e. The predicted octanol–water partition coefficient (Wildman–Crippen LogP) is 1.92. The van der Waals surface area contributed by atoms with E-state index in [1.165, 1.54) is 6.92 Å². The van der Waals surface area contributed by atoms with Crippen LogP contribution in [0.5, 0.6) is 0 Å². The van der Waals surface area contributed by atoms with E-state index in [1.54, 1.807) is 0 Å². The Labute approximate surface area is 99.4 Å². The van der Waals surface area contributed by atoms with Gasteiger partial charge in [-0.05, 0) is 13.0 Å². The van der Waals surface area contributed by atoms with Gasteiger partial charge in [0.25, 0.3) is 0 Å². The summed E-state index contributed by atoms with van der Waals surface area (Å²) < 4.78 is 55.8. The molecule has 3 nitrogen and oxygen atoms in total. The fourth-order valence-corrected chi connectivity index (χ4v) is 1.21. The van der Waals surface area contributed by atoms with E-state index in [9.17, 15) is 27.2 Å². The molecular weight excluding hydrogens is 256 g/mol. The molecule has 0 aliphatic carbocycles. The highest BCUT2D eigenvalue weighted by atomic mass is 19.2. The van der Waals surface area contributed by atoms with Crippen molar-refractivity contribution >= 4 is 11.8 Å². The van der Waals surface area contributed by atoms with Gasteiger partial charge in [-0.15, -0.1) is 0 Å². The SMILES string of the molecule is CCOC(=O)C(=O)Cc1cc(F)c(F)c(F)c1F. The van der Waals surface area contributed by atoms with E-state index in [1.807, 2.05) is 0 Å². The predicted molar refractivity (Wildman–Crippen MR) is 51.6 cm³/mol. The number of hydrogen-bond acceptors (Lipinski definition) is 3. The Kier molecular flexibility index (Phi) is 4.41. The molecule has 0 fully saturated rings. The summed E-state index contributed by atoms with van der Waals surface area (Å²) in [5, 5.41) is 0. The van der Waals surface area contributed by atoms with Gasteiger partial charge >= 0.3 is 5.97 Å².